The molecule has 3 rings (SSSR count). The highest BCUT2D eigenvalue weighted by atomic mass is 32.2. The number of anilines is 1. The molecule has 3 aromatic carbocycles. The zero-order chi connectivity index (χ0) is 30.2. The number of rotatable bonds is 13. The highest BCUT2D eigenvalue weighted by Crippen LogP contribution is 2.27. The molecule has 0 unspecified atom stereocenters. The number of methoxy groups -OCH3 is 1. The summed E-state index contributed by atoms with van der Waals surface area (Å²) in [7, 11) is -2.55. The molecule has 0 bridgehead atoms. The zero-order valence-corrected chi connectivity index (χ0v) is 25.6. The van der Waals surface area contributed by atoms with Gasteiger partial charge < -0.3 is 15.0 Å². The van der Waals surface area contributed by atoms with E-state index in [0.29, 0.717) is 24.4 Å². The summed E-state index contributed by atoms with van der Waals surface area (Å²) in [4.78, 5) is 28.7. The molecular weight excluding hydrogens is 538 g/mol. The number of likely N-dealkylation sites (N-methyl/N-ethyl adjacent to an activating group) is 1. The first-order chi connectivity index (χ1) is 19.5. The standard InChI is InChI=1S/C32H41N3O5S/c1-7-30(32(37)33-8-2)34(21-25-10-9-11-28(20-25)40-6)31(36)22-35(27-16-14-26(15-17-27)23(3)4)41(38,39)29-18-12-24(5)13-19-29/h9-20,23,30H,7-8,21-22H2,1-6H3,(H,33,37)/t30-/m1/s1. The minimum atomic E-state index is -4.11. The van der Waals surface area contributed by atoms with Crippen molar-refractivity contribution in [1.29, 1.82) is 0 Å². The van der Waals surface area contributed by atoms with Crippen molar-refractivity contribution in [1.82, 2.24) is 10.2 Å². The second kappa shape index (κ2) is 14.2. The van der Waals surface area contributed by atoms with E-state index >= 15 is 0 Å². The van der Waals surface area contributed by atoms with Crippen molar-refractivity contribution in [2.24, 2.45) is 0 Å². The Bertz CT molecular complexity index is 1420. The number of nitrogens with zero attached hydrogens (tertiary/aromatic N) is 2. The number of amides is 2. The quantitative estimate of drug-likeness (QED) is 0.298. The van der Waals surface area contributed by atoms with Crippen LogP contribution in [0.2, 0.25) is 0 Å². The van der Waals surface area contributed by atoms with Gasteiger partial charge in [0.1, 0.15) is 18.3 Å². The van der Waals surface area contributed by atoms with Crippen molar-refractivity contribution in [3.05, 3.63) is 89.5 Å². The lowest BCUT2D eigenvalue weighted by molar-refractivity contribution is -0.140. The SMILES string of the molecule is CCNC(=O)[C@@H](CC)N(Cc1cccc(OC)c1)C(=O)CN(c1ccc(C(C)C)cc1)S(=O)(=O)c1ccc(C)cc1. The summed E-state index contributed by atoms with van der Waals surface area (Å²) < 4.78 is 34.5. The highest BCUT2D eigenvalue weighted by Gasteiger charge is 2.33. The fraction of sp³-hybridized carbons (Fsp3) is 0.375. The van der Waals surface area contributed by atoms with Crippen molar-refractivity contribution in [2.45, 2.75) is 64.4 Å². The molecule has 0 fully saturated rings. The lowest BCUT2D eigenvalue weighted by Crippen LogP contribution is -2.52. The molecule has 1 atom stereocenters. The number of carbonyl (C=O) groups excluding carboxylic acids is 2. The van der Waals surface area contributed by atoms with Gasteiger partial charge in [-0.1, -0.05) is 62.7 Å². The summed E-state index contributed by atoms with van der Waals surface area (Å²) in [5, 5.41) is 2.81. The van der Waals surface area contributed by atoms with E-state index in [-0.39, 0.29) is 23.3 Å². The topological polar surface area (TPSA) is 96.0 Å². The third kappa shape index (κ3) is 7.88. The summed E-state index contributed by atoms with van der Waals surface area (Å²) in [6, 6.07) is 20.2. The first-order valence-corrected chi connectivity index (χ1v) is 15.3. The maximum Gasteiger partial charge on any atom is 0.264 e. The van der Waals surface area contributed by atoms with Gasteiger partial charge in [-0.05, 0) is 73.7 Å². The minimum Gasteiger partial charge on any atom is -0.497 e. The molecule has 0 saturated carbocycles. The van der Waals surface area contributed by atoms with Gasteiger partial charge >= 0.3 is 0 Å². The summed E-state index contributed by atoms with van der Waals surface area (Å²) in [5.41, 5.74) is 3.10. The zero-order valence-electron chi connectivity index (χ0n) is 24.8. The van der Waals surface area contributed by atoms with E-state index in [4.69, 9.17) is 4.74 Å². The predicted octanol–water partition coefficient (Wildman–Crippen LogP) is 5.27. The third-order valence-electron chi connectivity index (χ3n) is 6.96. The van der Waals surface area contributed by atoms with Crippen LogP contribution < -0.4 is 14.4 Å². The van der Waals surface area contributed by atoms with Gasteiger partial charge in [0.2, 0.25) is 11.8 Å². The predicted molar refractivity (Wildman–Crippen MR) is 163 cm³/mol. The van der Waals surface area contributed by atoms with E-state index in [1.807, 2.05) is 45.0 Å². The van der Waals surface area contributed by atoms with Crippen molar-refractivity contribution in [3.63, 3.8) is 0 Å². The number of hydrogen-bond acceptors (Lipinski definition) is 5. The molecule has 9 heteroatoms. The van der Waals surface area contributed by atoms with Crippen LogP contribution in [-0.2, 0) is 26.2 Å². The van der Waals surface area contributed by atoms with Crippen LogP contribution in [-0.4, -0.2) is 51.4 Å². The maximum absolute atomic E-state index is 14.1. The lowest BCUT2D eigenvalue weighted by atomic mass is 10.0. The molecule has 3 aromatic rings. The number of sulfonamides is 1. The molecule has 0 aliphatic carbocycles. The molecule has 0 radical (unpaired) electrons. The fourth-order valence-electron chi connectivity index (χ4n) is 4.57. The van der Waals surface area contributed by atoms with Crippen molar-refractivity contribution in [3.8, 4) is 5.75 Å². The van der Waals surface area contributed by atoms with Crippen LogP contribution in [0.25, 0.3) is 0 Å². The summed E-state index contributed by atoms with van der Waals surface area (Å²) in [6.07, 6.45) is 0.356. The molecule has 8 nitrogen and oxygen atoms in total. The molecule has 1 N–H and O–H groups in total. The fourth-order valence-corrected chi connectivity index (χ4v) is 5.98. The number of aryl methyl sites for hydroxylation is 1. The summed E-state index contributed by atoms with van der Waals surface area (Å²) in [6.45, 7) is 9.68. The number of hydrogen-bond donors (Lipinski definition) is 1. The van der Waals surface area contributed by atoms with E-state index < -0.39 is 28.5 Å². The Labute approximate surface area is 244 Å². The summed E-state index contributed by atoms with van der Waals surface area (Å²) >= 11 is 0. The van der Waals surface area contributed by atoms with Crippen LogP contribution in [0, 0.1) is 6.92 Å². The van der Waals surface area contributed by atoms with Crippen molar-refractivity contribution >= 4 is 27.5 Å². The molecular formula is C32H41N3O5S. The molecule has 220 valence electrons. The Hall–Kier alpha value is -3.85. The first-order valence-electron chi connectivity index (χ1n) is 13.9. The largest absolute Gasteiger partial charge is 0.497 e. The molecule has 2 amide bonds. The highest BCUT2D eigenvalue weighted by molar-refractivity contribution is 7.92. The number of benzene rings is 3. The Morgan fingerprint density at radius 2 is 1.61 bits per heavy atom. The van der Waals surface area contributed by atoms with Crippen LogP contribution in [0.3, 0.4) is 0 Å². The van der Waals surface area contributed by atoms with Crippen molar-refractivity contribution < 1.29 is 22.7 Å². The molecule has 0 aliphatic rings. The van der Waals surface area contributed by atoms with Crippen LogP contribution >= 0.6 is 0 Å². The Balaban J connectivity index is 2.08. The second-order valence-electron chi connectivity index (χ2n) is 10.3. The Kier molecular flexibility index (Phi) is 10.9. The first kappa shape index (κ1) is 31.7. The van der Waals surface area contributed by atoms with Crippen LogP contribution in [0.5, 0.6) is 5.75 Å². The van der Waals surface area contributed by atoms with Gasteiger partial charge in [-0.2, -0.15) is 0 Å². The van der Waals surface area contributed by atoms with E-state index in [2.05, 4.69) is 19.2 Å². The molecule has 0 aliphatic heterocycles. The molecule has 41 heavy (non-hydrogen) atoms. The third-order valence-corrected chi connectivity index (χ3v) is 8.75. The van der Waals surface area contributed by atoms with Gasteiger partial charge in [0.25, 0.3) is 10.0 Å². The molecule has 0 spiro atoms. The van der Waals surface area contributed by atoms with Gasteiger partial charge in [-0.15, -0.1) is 0 Å². The minimum absolute atomic E-state index is 0.0824. The van der Waals surface area contributed by atoms with E-state index in [9.17, 15) is 18.0 Å². The number of ether oxygens (including phenoxy) is 1. The Morgan fingerprint density at radius 1 is 0.951 bits per heavy atom. The van der Waals surface area contributed by atoms with Gasteiger partial charge in [0.15, 0.2) is 0 Å². The smallest absolute Gasteiger partial charge is 0.264 e. The molecule has 0 heterocycles. The van der Waals surface area contributed by atoms with E-state index in [0.717, 1.165) is 21.0 Å². The van der Waals surface area contributed by atoms with E-state index in [1.165, 1.54) is 4.90 Å². The summed E-state index contributed by atoms with van der Waals surface area (Å²) in [5.74, 6) is 0.0957. The average molecular weight is 580 g/mol. The van der Waals surface area contributed by atoms with Crippen molar-refractivity contribution in [2.75, 3.05) is 24.5 Å². The van der Waals surface area contributed by atoms with Crippen LogP contribution in [0.4, 0.5) is 5.69 Å². The van der Waals surface area contributed by atoms with Gasteiger partial charge in [-0.3, -0.25) is 13.9 Å². The van der Waals surface area contributed by atoms with Gasteiger partial charge in [0, 0.05) is 13.1 Å². The number of nitrogens with one attached hydrogen (secondary N) is 1. The average Bonchev–Trinajstić information content (AvgIpc) is 2.96. The molecule has 0 aromatic heterocycles. The van der Waals surface area contributed by atoms with Gasteiger partial charge in [0.05, 0.1) is 17.7 Å². The lowest BCUT2D eigenvalue weighted by Gasteiger charge is -2.33. The van der Waals surface area contributed by atoms with Crippen LogP contribution in [0.1, 0.15) is 56.7 Å². The second-order valence-corrected chi connectivity index (χ2v) is 12.1. The Morgan fingerprint density at radius 3 is 2.17 bits per heavy atom. The van der Waals surface area contributed by atoms with E-state index in [1.54, 1.807) is 55.6 Å². The van der Waals surface area contributed by atoms with Crippen LogP contribution in [0.15, 0.2) is 77.7 Å². The number of carbonyl (C=O) groups is 2. The van der Waals surface area contributed by atoms with Gasteiger partial charge in [-0.25, -0.2) is 8.42 Å². The molecule has 0 saturated heterocycles. The maximum atomic E-state index is 14.1. The normalized spacial score (nSPS) is 12.1. The monoisotopic (exact) mass is 579 g/mol.